The summed E-state index contributed by atoms with van der Waals surface area (Å²) >= 11 is 0. The molecule has 6 heavy (non-hydrogen) atoms. The van der Waals surface area contributed by atoms with Crippen LogP contribution in [-0.4, -0.2) is 13.2 Å². The summed E-state index contributed by atoms with van der Waals surface area (Å²) in [5.41, 5.74) is 0. The molecule has 34 valence electrons. The van der Waals surface area contributed by atoms with Gasteiger partial charge in [-0.1, -0.05) is 0 Å². The summed E-state index contributed by atoms with van der Waals surface area (Å²) in [5.74, 6) is 0. The Morgan fingerprint density at radius 3 is 2.00 bits per heavy atom. The van der Waals surface area contributed by atoms with E-state index in [1.54, 1.807) is 13.2 Å². The molecule has 1 aliphatic heterocycles. The van der Waals surface area contributed by atoms with Crippen LogP contribution in [0.5, 0.6) is 0 Å². The maximum Gasteiger partial charge on any atom is 0.110 e. The zero-order valence-electron chi connectivity index (χ0n) is 3.39. The monoisotopic (exact) mass is 86.0 g/mol. The molecule has 2 nitrogen and oxygen atoms in total. The molecule has 0 bridgehead atoms. The van der Waals surface area contributed by atoms with E-state index in [4.69, 9.17) is 9.47 Å². The van der Waals surface area contributed by atoms with Gasteiger partial charge in [0.2, 0.25) is 0 Å². The summed E-state index contributed by atoms with van der Waals surface area (Å²) in [5, 5.41) is 0. The third-order valence-corrected chi connectivity index (χ3v) is 0.564. The maximum atomic E-state index is 4.83. The number of hydrogen-bond donors (Lipinski definition) is 0. The van der Waals surface area contributed by atoms with Crippen molar-refractivity contribution in [2.75, 3.05) is 13.2 Å². The van der Waals surface area contributed by atoms with E-state index in [1.807, 2.05) is 0 Å². The molecule has 1 aliphatic rings. The second-order valence-corrected chi connectivity index (χ2v) is 1.01. The molecule has 0 unspecified atom stereocenters. The van der Waals surface area contributed by atoms with Crippen molar-refractivity contribution in [2.24, 2.45) is 0 Å². The summed E-state index contributed by atoms with van der Waals surface area (Å²) in [6, 6.07) is 0. The van der Waals surface area contributed by atoms with Gasteiger partial charge in [0.15, 0.2) is 0 Å². The smallest absolute Gasteiger partial charge is 0.110 e. The average Bonchev–Trinajstić information content (AvgIpc) is 1.72. The van der Waals surface area contributed by atoms with Gasteiger partial charge in [0.1, 0.15) is 13.2 Å². The van der Waals surface area contributed by atoms with Crippen LogP contribution in [0.1, 0.15) is 0 Å². The maximum absolute atomic E-state index is 4.83. The van der Waals surface area contributed by atoms with Crippen LogP contribution < -0.4 is 0 Å². The Labute approximate surface area is 37.1 Å². The molecule has 0 aromatic heterocycles. The molecule has 0 N–H and O–H groups in total. The topological polar surface area (TPSA) is 18.5 Å². The first-order valence-corrected chi connectivity index (χ1v) is 1.87. The van der Waals surface area contributed by atoms with E-state index in [-0.39, 0.29) is 0 Å². The Morgan fingerprint density at radius 1 is 1.17 bits per heavy atom. The molecule has 2 radical (unpaired) electrons. The van der Waals surface area contributed by atoms with Gasteiger partial charge < -0.3 is 9.47 Å². The minimum Gasteiger partial charge on any atom is -0.376 e. The molecule has 0 amide bonds. The van der Waals surface area contributed by atoms with E-state index in [0.717, 1.165) is 0 Å². The number of rotatable bonds is 0. The predicted octanol–water partition coefficient (Wildman–Crippen LogP) is 0.357. The molecule has 0 aromatic rings. The average molecular weight is 86.1 g/mol. The lowest BCUT2D eigenvalue weighted by molar-refractivity contribution is 0.0458. The highest BCUT2D eigenvalue weighted by Gasteiger charge is 1.96. The molecule has 1 saturated heterocycles. The largest absolute Gasteiger partial charge is 0.376 e. The minimum atomic E-state index is 0.622. The zero-order chi connectivity index (χ0) is 4.24. The van der Waals surface area contributed by atoms with Crippen LogP contribution in [0.4, 0.5) is 0 Å². The second-order valence-electron chi connectivity index (χ2n) is 1.01. The Kier molecular flexibility index (Phi) is 1.47. The molecule has 1 rings (SSSR count). The van der Waals surface area contributed by atoms with Crippen LogP contribution in [0.25, 0.3) is 0 Å². The number of hydrogen-bond acceptors (Lipinski definition) is 2. The first kappa shape index (κ1) is 4.09. The van der Waals surface area contributed by atoms with Gasteiger partial charge in [0, 0.05) is 0 Å². The van der Waals surface area contributed by atoms with Gasteiger partial charge in [-0.25, -0.2) is 0 Å². The SMILES string of the molecule is [CH]1COC[CH]O1. The predicted molar refractivity (Wildman–Crippen MR) is 20.5 cm³/mol. The van der Waals surface area contributed by atoms with Gasteiger partial charge in [0.25, 0.3) is 0 Å². The van der Waals surface area contributed by atoms with E-state index in [1.165, 1.54) is 0 Å². The molecule has 0 spiro atoms. The van der Waals surface area contributed by atoms with Gasteiger partial charge in [-0.2, -0.15) is 0 Å². The molecule has 1 fully saturated rings. The van der Waals surface area contributed by atoms with Crippen molar-refractivity contribution in [1.29, 1.82) is 0 Å². The second kappa shape index (κ2) is 2.16. The molecule has 0 saturated carbocycles. The highest BCUT2D eigenvalue weighted by atomic mass is 16.6. The summed E-state index contributed by atoms with van der Waals surface area (Å²) in [6.07, 6.45) is 0. The molecule has 2 heteroatoms. The van der Waals surface area contributed by atoms with Crippen molar-refractivity contribution in [2.45, 2.75) is 0 Å². The zero-order valence-corrected chi connectivity index (χ0v) is 3.39. The first-order valence-electron chi connectivity index (χ1n) is 1.87. The van der Waals surface area contributed by atoms with Crippen molar-refractivity contribution in [3.05, 3.63) is 13.2 Å². The van der Waals surface area contributed by atoms with Gasteiger partial charge in [0.05, 0.1) is 13.2 Å². The third kappa shape index (κ3) is 0.954. The van der Waals surface area contributed by atoms with E-state index in [0.29, 0.717) is 13.2 Å². The molecule has 0 aromatic carbocycles. The fraction of sp³-hybridized carbons (Fsp3) is 0.500. The van der Waals surface area contributed by atoms with Gasteiger partial charge in [-0.3, -0.25) is 0 Å². The Balaban J connectivity index is 2.00. The van der Waals surface area contributed by atoms with Crippen LogP contribution in [-0.2, 0) is 9.47 Å². The van der Waals surface area contributed by atoms with E-state index < -0.39 is 0 Å². The van der Waals surface area contributed by atoms with Crippen LogP contribution in [0.15, 0.2) is 0 Å². The summed E-state index contributed by atoms with van der Waals surface area (Å²) in [4.78, 5) is 0. The Morgan fingerprint density at radius 2 is 1.83 bits per heavy atom. The highest BCUT2D eigenvalue weighted by Crippen LogP contribution is 1.95. The van der Waals surface area contributed by atoms with Crippen LogP contribution in [0, 0.1) is 13.2 Å². The summed E-state index contributed by atoms with van der Waals surface area (Å²) < 4.78 is 9.53. The molecular weight excluding hydrogens is 80.0 g/mol. The molecule has 1 heterocycles. The fourth-order valence-corrected chi connectivity index (χ4v) is 0.311. The van der Waals surface area contributed by atoms with Crippen molar-refractivity contribution in [3.8, 4) is 0 Å². The Bertz CT molecular complexity index is 21.0. The lowest BCUT2D eigenvalue weighted by atomic mass is 10.6. The van der Waals surface area contributed by atoms with Crippen LogP contribution in [0.3, 0.4) is 0 Å². The highest BCUT2D eigenvalue weighted by molar-refractivity contribution is 4.60. The van der Waals surface area contributed by atoms with Crippen molar-refractivity contribution >= 4 is 0 Å². The fourth-order valence-electron chi connectivity index (χ4n) is 0.311. The molecular formula is C4H6O2. The van der Waals surface area contributed by atoms with Crippen molar-refractivity contribution in [1.82, 2.24) is 0 Å². The quantitative estimate of drug-likeness (QED) is 0.423. The normalized spacial score (nSPS) is 24.0. The van der Waals surface area contributed by atoms with Gasteiger partial charge >= 0.3 is 0 Å². The lowest BCUT2D eigenvalue weighted by Crippen LogP contribution is -2.07. The standard InChI is InChI=1S/C4H6O2/c1-2-6-4-3-5-1/h1,3H,2,4H2. The third-order valence-electron chi connectivity index (χ3n) is 0.564. The summed E-state index contributed by atoms with van der Waals surface area (Å²) in [7, 11) is 0. The molecule has 0 atom stereocenters. The van der Waals surface area contributed by atoms with Crippen molar-refractivity contribution in [3.63, 3.8) is 0 Å². The van der Waals surface area contributed by atoms with Crippen LogP contribution >= 0.6 is 0 Å². The number of ether oxygens (including phenoxy) is 2. The van der Waals surface area contributed by atoms with E-state index in [9.17, 15) is 0 Å². The van der Waals surface area contributed by atoms with Gasteiger partial charge in [-0.05, 0) is 0 Å². The summed E-state index contributed by atoms with van der Waals surface area (Å²) in [6.45, 7) is 4.47. The molecule has 0 aliphatic carbocycles. The van der Waals surface area contributed by atoms with Crippen LogP contribution in [0.2, 0.25) is 0 Å². The lowest BCUT2D eigenvalue weighted by Gasteiger charge is -2.08. The first-order chi connectivity index (χ1) is 3.00. The minimum absolute atomic E-state index is 0.622. The van der Waals surface area contributed by atoms with E-state index >= 15 is 0 Å². The van der Waals surface area contributed by atoms with Gasteiger partial charge in [-0.15, -0.1) is 0 Å². The van der Waals surface area contributed by atoms with Crippen molar-refractivity contribution < 1.29 is 9.47 Å². The van der Waals surface area contributed by atoms with E-state index in [2.05, 4.69) is 0 Å². The Hall–Kier alpha value is -0.0800.